The van der Waals surface area contributed by atoms with Gasteiger partial charge in [0.25, 0.3) is 0 Å². The van der Waals surface area contributed by atoms with Crippen LogP contribution in [-0.4, -0.2) is 45.0 Å². The predicted octanol–water partition coefficient (Wildman–Crippen LogP) is 3.33. The summed E-state index contributed by atoms with van der Waals surface area (Å²) >= 11 is 6.10. The molecule has 170 valence electrons. The summed E-state index contributed by atoms with van der Waals surface area (Å²) in [5.41, 5.74) is 7.03. The zero-order valence-corrected chi connectivity index (χ0v) is 19.2. The van der Waals surface area contributed by atoms with Crippen molar-refractivity contribution in [1.29, 1.82) is 0 Å². The number of halogens is 2. The molecule has 0 aromatic heterocycles. The van der Waals surface area contributed by atoms with E-state index in [1.54, 1.807) is 18.2 Å². The number of benzene rings is 2. The second kappa shape index (κ2) is 10.3. The van der Waals surface area contributed by atoms with Crippen LogP contribution < -0.4 is 15.8 Å². The Kier molecular flexibility index (Phi) is 7.93. The van der Waals surface area contributed by atoms with E-state index in [0.717, 1.165) is 38.0 Å². The zero-order valence-electron chi connectivity index (χ0n) is 17.7. The van der Waals surface area contributed by atoms with Crippen molar-refractivity contribution in [2.24, 2.45) is 10.9 Å². The number of hydrogen-bond acceptors (Lipinski definition) is 5. The van der Waals surface area contributed by atoms with Crippen LogP contribution in [0.2, 0.25) is 5.02 Å². The van der Waals surface area contributed by atoms with Crippen LogP contribution in [0.25, 0.3) is 0 Å². The minimum absolute atomic E-state index is 0.0514. The van der Waals surface area contributed by atoms with Crippen molar-refractivity contribution in [2.75, 3.05) is 24.5 Å². The third kappa shape index (κ3) is 6.17. The average Bonchev–Trinajstić information content (AvgIpc) is 2.74. The molecule has 2 aromatic rings. The standard InChI is InChI=1S/C22H30ClFN4O2S/c1-16(8-11-25)27-12-9-20(10-13-27)28(15-17-14-18(23)2-7-22(17)24)19-3-5-21(6-4-19)31(26,29)30/h2-7,14,16,20H,8-13,15,25H2,1H3,(H2,26,29,30). The number of sulfonamides is 1. The molecule has 31 heavy (non-hydrogen) atoms. The fourth-order valence-electron chi connectivity index (χ4n) is 4.17. The second-order valence-electron chi connectivity index (χ2n) is 8.10. The summed E-state index contributed by atoms with van der Waals surface area (Å²) in [6.07, 6.45) is 2.78. The number of nitrogens with zero attached hydrogens (tertiary/aromatic N) is 2. The van der Waals surface area contributed by atoms with Gasteiger partial charge in [0.1, 0.15) is 5.82 Å². The molecule has 0 spiro atoms. The normalized spacial score (nSPS) is 16.9. The first-order chi connectivity index (χ1) is 14.7. The number of rotatable bonds is 8. The Bertz CT molecular complexity index is 980. The van der Waals surface area contributed by atoms with Gasteiger partial charge in [-0.1, -0.05) is 11.6 Å². The minimum Gasteiger partial charge on any atom is -0.364 e. The molecule has 6 nitrogen and oxygen atoms in total. The topological polar surface area (TPSA) is 92.7 Å². The van der Waals surface area contributed by atoms with E-state index in [2.05, 4.69) is 16.7 Å². The van der Waals surface area contributed by atoms with E-state index in [1.165, 1.54) is 24.3 Å². The number of primary sulfonamides is 1. The Labute approximate surface area is 189 Å². The van der Waals surface area contributed by atoms with Gasteiger partial charge in [-0.25, -0.2) is 17.9 Å². The van der Waals surface area contributed by atoms with Gasteiger partial charge < -0.3 is 15.5 Å². The van der Waals surface area contributed by atoms with Crippen LogP contribution in [0.5, 0.6) is 0 Å². The number of likely N-dealkylation sites (tertiary alicyclic amines) is 1. The summed E-state index contributed by atoms with van der Waals surface area (Å²) < 4.78 is 37.7. The Morgan fingerprint density at radius 3 is 2.42 bits per heavy atom. The molecule has 2 aromatic carbocycles. The molecule has 0 amide bonds. The average molecular weight is 469 g/mol. The largest absolute Gasteiger partial charge is 0.364 e. The third-order valence-corrected chi connectivity index (χ3v) is 7.16. The SMILES string of the molecule is CC(CCN)N1CCC(N(Cc2cc(Cl)ccc2F)c2ccc(S(N)(=O)=O)cc2)CC1. The lowest BCUT2D eigenvalue weighted by Gasteiger charge is -2.42. The van der Waals surface area contributed by atoms with Crippen molar-refractivity contribution >= 4 is 27.3 Å². The maximum atomic E-state index is 14.5. The molecule has 1 atom stereocenters. The lowest BCUT2D eigenvalue weighted by molar-refractivity contribution is 0.154. The van der Waals surface area contributed by atoms with Gasteiger partial charge in [0.05, 0.1) is 4.90 Å². The van der Waals surface area contributed by atoms with Crippen LogP contribution in [-0.2, 0) is 16.6 Å². The molecule has 1 unspecified atom stereocenters. The van der Waals surface area contributed by atoms with E-state index in [1.807, 2.05) is 0 Å². The van der Waals surface area contributed by atoms with Gasteiger partial charge >= 0.3 is 0 Å². The highest BCUT2D eigenvalue weighted by Crippen LogP contribution is 2.29. The lowest BCUT2D eigenvalue weighted by atomic mass is 9.99. The van der Waals surface area contributed by atoms with Gasteiger partial charge in [-0.15, -0.1) is 0 Å². The van der Waals surface area contributed by atoms with Gasteiger partial charge in [-0.3, -0.25) is 0 Å². The summed E-state index contributed by atoms with van der Waals surface area (Å²) in [6.45, 7) is 5.05. The molecule has 1 fully saturated rings. The van der Waals surface area contributed by atoms with Crippen LogP contribution >= 0.6 is 11.6 Å². The molecule has 1 aliphatic heterocycles. The van der Waals surface area contributed by atoms with E-state index < -0.39 is 10.0 Å². The first kappa shape index (κ1) is 23.9. The zero-order chi connectivity index (χ0) is 22.6. The molecular formula is C22H30ClFN4O2S. The van der Waals surface area contributed by atoms with E-state index in [4.69, 9.17) is 22.5 Å². The van der Waals surface area contributed by atoms with Gasteiger partial charge in [0, 0.05) is 48.0 Å². The first-order valence-corrected chi connectivity index (χ1v) is 12.4. The highest BCUT2D eigenvalue weighted by atomic mass is 35.5. The number of nitrogens with two attached hydrogens (primary N) is 2. The Balaban J connectivity index is 1.85. The smallest absolute Gasteiger partial charge is 0.238 e. The Hall–Kier alpha value is -1.71. The van der Waals surface area contributed by atoms with Crippen molar-refractivity contribution in [3.63, 3.8) is 0 Å². The Morgan fingerprint density at radius 2 is 1.84 bits per heavy atom. The van der Waals surface area contributed by atoms with Gasteiger partial charge in [-0.05, 0) is 75.2 Å². The van der Waals surface area contributed by atoms with Crippen molar-refractivity contribution in [3.05, 3.63) is 58.9 Å². The molecule has 0 bridgehead atoms. The molecule has 1 heterocycles. The van der Waals surface area contributed by atoms with Crippen molar-refractivity contribution in [3.8, 4) is 0 Å². The lowest BCUT2D eigenvalue weighted by Crippen LogP contribution is -2.47. The molecule has 1 saturated heterocycles. The molecule has 0 saturated carbocycles. The fraction of sp³-hybridized carbons (Fsp3) is 0.455. The fourth-order valence-corrected chi connectivity index (χ4v) is 4.88. The molecule has 4 N–H and O–H groups in total. The third-order valence-electron chi connectivity index (χ3n) is 5.99. The van der Waals surface area contributed by atoms with Gasteiger partial charge in [0.15, 0.2) is 0 Å². The van der Waals surface area contributed by atoms with Gasteiger partial charge in [-0.2, -0.15) is 0 Å². The van der Waals surface area contributed by atoms with E-state index in [9.17, 15) is 12.8 Å². The summed E-state index contributed by atoms with van der Waals surface area (Å²) in [7, 11) is -3.78. The summed E-state index contributed by atoms with van der Waals surface area (Å²) in [4.78, 5) is 4.62. The Morgan fingerprint density at radius 1 is 1.19 bits per heavy atom. The maximum absolute atomic E-state index is 14.5. The molecule has 0 radical (unpaired) electrons. The number of hydrogen-bond donors (Lipinski definition) is 2. The summed E-state index contributed by atoms with van der Waals surface area (Å²) in [6, 6.07) is 11.6. The van der Waals surface area contributed by atoms with Crippen LogP contribution in [0.1, 0.15) is 31.7 Å². The predicted molar refractivity (Wildman–Crippen MR) is 123 cm³/mol. The van der Waals surface area contributed by atoms with Gasteiger partial charge in [0.2, 0.25) is 10.0 Å². The number of anilines is 1. The van der Waals surface area contributed by atoms with E-state index in [-0.39, 0.29) is 16.8 Å². The van der Waals surface area contributed by atoms with Crippen molar-refractivity contribution < 1.29 is 12.8 Å². The quantitative estimate of drug-likeness (QED) is 0.619. The van der Waals surface area contributed by atoms with E-state index in [0.29, 0.717) is 29.7 Å². The number of piperidine rings is 1. The first-order valence-electron chi connectivity index (χ1n) is 10.5. The molecule has 1 aliphatic rings. The van der Waals surface area contributed by atoms with Crippen LogP contribution in [0.3, 0.4) is 0 Å². The van der Waals surface area contributed by atoms with Crippen molar-refractivity contribution in [2.45, 2.75) is 49.7 Å². The minimum atomic E-state index is -3.78. The monoisotopic (exact) mass is 468 g/mol. The molecule has 3 rings (SSSR count). The van der Waals surface area contributed by atoms with Crippen molar-refractivity contribution in [1.82, 2.24) is 4.90 Å². The summed E-state index contributed by atoms with van der Waals surface area (Å²) in [5, 5.41) is 5.71. The van der Waals surface area contributed by atoms with Crippen LogP contribution in [0.15, 0.2) is 47.4 Å². The highest BCUT2D eigenvalue weighted by molar-refractivity contribution is 7.89. The van der Waals surface area contributed by atoms with E-state index >= 15 is 0 Å². The molecular weight excluding hydrogens is 439 g/mol. The maximum Gasteiger partial charge on any atom is 0.238 e. The van der Waals surface area contributed by atoms with Crippen LogP contribution in [0.4, 0.5) is 10.1 Å². The molecule has 9 heteroatoms. The molecule has 0 aliphatic carbocycles. The summed E-state index contributed by atoms with van der Waals surface area (Å²) in [5.74, 6) is -0.315. The highest BCUT2D eigenvalue weighted by Gasteiger charge is 2.28. The second-order valence-corrected chi connectivity index (χ2v) is 10.1. The van der Waals surface area contributed by atoms with Crippen LogP contribution in [0, 0.1) is 5.82 Å².